The highest BCUT2D eigenvalue weighted by molar-refractivity contribution is 7.80. The van der Waals surface area contributed by atoms with Gasteiger partial charge in [-0.15, -0.1) is 0 Å². The summed E-state index contributed by atoms with van der Waals surface area (Å²) in [5.74, 6) is 2.55. The fourth-order valence-electron chi connectivity index (χ4n) is 4.70. The van der Waals surface area contributed by atoms with Gasteiger partial charge in [0, 0.05) is 49.7 Å². The summed E-state index contributed by atoms with van der Waals surface area (Å²) in [5, 5.41) is 4.84. The number of aromatic nitrogens is 1. The molecule has 11 heteroatoms. The highest BCUT2D eigenvalue weighted by Crippen LogP contribution is 2.31. The molecule has 10 nitrogen and oxygen atoms in total. The summed E-state index contributed by atoms with van der Waals surface area (Å²) in [6.45, 7) is 5.70. The lowest BCUT2D eigenvalue weighted by atomic mass is 10.1. The van der Waals surface area contributed by atoms with Gasteiger partial charge in [-0.3, -0.25) is 9.69 Å². The van der Waals surface area contributed by atoms with E-state index >= 15 is 0 Å². The van der Waals surface area contributed by atoms with Crippen LogP contribution in [0.1, 0.15) is 11.1 Å². The van der Waals surface area contributed by atoms with Crippen LogP contribution >= 0.6 is 12.2 Å². The van der Waals surface area contributed by atoms with E-state index in [2.05, 4.69) is 20.1 Å². The molecule has 2 aromatic carbocycles. The van der Waals surface area contributed by atoms with Crippen LogP contribution in [0.3, 0.4) is 0 Å². The lowest BCUT2D eigenvalue weighted by Crippen LogP contribution is -2.46. The van der Waals surface area contributed by atoms with E-state index < -0.39 is 0 Å². The Morgan fingerprint density at radius 2 is 1.65 bits per heavy atom. The van der Waals surface area contributed by atoms with Crippen LogP contribution in [0.25, 0.3) is 10.9 Å². The summed E-state index contributed by atoms with van der Waals surface area (Å²) in [5.41, 5.74) is 2.24. The lowest BCUT2D eigenvalue weighted by Gasteiger charge is -2.31. The maximum atomic E-state index is 13.1. The molecule has 0 atom stereocenters. The van der Waals surface area contributed by atoms with E-state index in [9.17, 15) is 4.79 Å². The Morgan fingerprint density at radius 1 is 0.975 bits per heavy atom. The zero-order valence-corrected chi connectivity index (χ0v) is 24.4. The van der Waals surface area contributed by atoms with Crippen molar-refractivity contribution in [3.8, 4) is 23.0 Å². The maximum Gasteiger partial charge on any atom is 0.253 e. The Morgan fingerprint density at radius 3 is 2.35 bits per heavy atom. The van der Waals surface area contributed by atoms with Crippen molar-refractivity contribution in [2.24, 2.45) is 0 Å². The van der Waals surface area contributed by atoms with Crippen LogP contribution in [-0.2, 0) is 17.7 Å². The third kappa shape index (κ3) is 7.35. The van der Waals surface area contributed by atoms with Gasteiger partial charge in [-0.05, 0) is 48.5 Å². The molecule has 0 spiro atoms. The molecule has 1 aliphatic heterocycles. The van der Waals surface area contributed by atoms with Crippen molar-refractivity contribution in [2.75, 3.05) is 74.4 Å². The standard InChI is InChI=1S/C29H38N4O6S/c1-35-24-6-5-20(15-25(24)36-2)7-8-30-29(40)33(10-9-32-11-13-39-14-12-32)19-22-16-21-17-26(37-3)27(38-4)18-23(21)31-28(22)34/h5-6,15-18H,7-14,19H2,1-4H3,(H,30,40)(H,31,34). The number of ether oxygens (including phenoxy) is 5. The van der Waals surface area contributed by atoms with E-state index in [1.807, 2.05) is 30.3 Å². The highest BCUT2D eigenvalue weighted by Gasteiger charge is 2.17. The molecule has 216 valence electrons. The van der Waals surface area contributed by atoms with Gasteiger partial charge >= 0.3 is 0 Å². The Bertz CT molecular complexity index is 1360. The molecule has 2 heterocycles. The second-order valence-electron chi connectivity index (χ2n) is 9.46. The van der Waals surface area contributed by atoms with Crippen molar-refractivity contribution in [3.63, 3.8) is 0 Å². The first-order valence-corrected chi connectivity index (χ1v) is 13.7. The minimum Gasteiger partial charge on any atom is -0.493 e. The second kappa shape index (κ2) is 14.2. The number of H-pyrrole nitrogens is 1. The van der Waals surface area contributed by atoms with E-state index in [0.29, 0.717) is 58.8 Å². The number of rotatable bonds is 12. The number of pyridine rings is 1. The maximum absolute atomic E-state index is 13.1. The number of nitrogens with zero attached hydrogens (tertiary/aromatic N) is 2. The molecule has 0 bridgehead atoms. The van der Waals surface area contributed by atoms with E-state index in [1.54, 1.807) is 34.5 Å². The monoisotopic (exact) mass is 570 g/mol. The second-order valence-corrected chi connectivity index (χ2v) is 9.85. The van der Waals surface area contributed by atoms with Crippen molar-refractivity contribution in [2.45, 2.75) is 13.0 Å². The highest BCUT2D eigenvalue weighted by atomic mass is 32.1. The quantitative estimate of drug-likeness (QED) is 0.317. The Labute approximate surface area is 240 Å². The Kier molecular flexibility index (Phi) is 10.5. The number of aromatic amines is 1. The largest absolute Gasteiger partial charge is 0.493 e. The summed E-state index contributed by atoms with van der Waals surface area (Å²) < 4.78 is 27.1. The van der Waals surface area contributed by atoms with Crippen molar-refractivity contribution >= 4 is 28.2 Å². The summed E-state index contributed by atoms with van der Waals surface area (Å²) in [7, 11) is 6.41. The number of benzene rings is 2. The van der Waals surface area contributed by atoms with Crippen LogP contribution < -0.4 is 29.8 Å². The SMILES string of the molecule is COc1ccc(CCNC(=S)N(CCN2CCOCC2)Cc2cc3cc(OC)c(OC)cc3[nH]c2=O)cc1OC. The topological polar surface area (TPSA) is 97.5 Å². The minimum atomic E-state index is -0.163. The molecule has 1 aromatic heterocycles. The normalized spacial score (nSPS) is 13.6. The molecule has 0 radical (unpaired) electrons. The molecule has 1 aliphatic rings. The zero-order chi connectivity index (χ0) is 28.5. The molecular formula is C29H38N4O6S. The van der Waals surface area contributed by atoms with Crippen LogP contribution in [0.5, 0.6) is 23.0 Å². The van der Waals surface area contributed by atoms with Gasteiger partial charge in [0.2, 0.25) is 0 Å². The van der Waals surface area contributed by atoms with Gasteiger partial charge in [-0.25, -0.2) is 0 Å². The molecular weight excluding hydrogens is 532 g/mol. The number of nitrogens with one attached hydrogen (secondary N) is 2. The van der Waals surface area contributed by atoms with Gasteiger partial charge in [0.15, 0.2) is 28.1 Å². The predicted molar refractivity (Wildman–Crippen MR) is 159 cm³/mol. The van der Waals surface area contributed by atoms with Gasteiger partial charge in [-0.1, -0.05) is 6.07 Å². The van der Waals surface area contributed by atoms with Crippen molar-refractivity contribution in [1.29, 1.82) is 0 Å². The van der Waals surface area contributed by atoms with Gasteiger partial charge in [-0.2, -0.15) is 0 Å². The van der Waals surface area contributed by atoms with E-state index in [0.717, 1.165) is 50.2 Å². The van der Waals surface area contributed by atoms with Crippen LogP contribution in [0, 0.1) is 0 Å². The lowest BCUT2D eigenvalue weighted by molar-refractivity contribution is 0.0357. The number of fused-ring (bicyclic) bond motifs is 1. The van der Waals surface area contributed by atoms with E-state index in [4.69, 9.17) is 35.9 Å². The fraction of sp³-hybridized carbons (Fsp3) is 0.448. The first kappa shape index (κ1) is 29.4. The molecule has 4 rings (SSSR count). The number of thiocarbonyl (C=S) groups is 1. The van der Waals surface area contributed by atoms with Gasteiger partial charge in [0.05, 0.1) is 53.7 Å². The van der Waals surface area contributed by atoms with Crippen molar-refractivity contribution < 1.29 is 23.7 Å². The Hall–Kier alpha value is -3.54. The third-order valence-electron chi connectivity index (χ3n) is 7.00. The van der Waals surface area contributed by atoms with Crippen LogP contribution in [-0.4, -0.2) is 94.3 Å². The van der Waals surface area contributed by atoms with Crippen LogP contribution in [0.2, 0.25) is 0 Å². The molecule has 1 fully saturated rings. The summed E-state index contributed by atoms with van der Waals surface area (Å²) in [4.78, 5) is 20.5. The smallest absolute Gasteiger partial charge is 0.253 e. The number of hydrogen-bond donors (Lipinski definition) is 2. The molecule has 2 N–H and O–H groups in total. The van der Waals surface area contributed by atoms with E-state index in [-0.39, 0.29) is 5.56 Å². The molecule has 40 heavy (non-hydrogen) atoms. The number of hydrogen-bond acceptors (Lipinski definition) is 8. The van der Waals surface area contributed by atoms with Crippen LogP contribution in [0.15, 0.2) is 41.2 Å². The Balaban J connectivity index is 1.49. The van der Waals surface area contributed by atoms with E-state index in [1.165, 1.54) is 0 Å². The minimum absolute atomic E-state index is 0.163. The van der Waals surface area contributed by atoms with Crippen molar-refractivity contribution in [3.05, 3.63) is 57.9 Å². The van der Waals surface area contributed by atoms with Gasteiger partial charge < -0.3 is 38.9 Å². The van der Waals surface area contributed by atoms with Crippen molar-refractivity contribution in [1.82, 2.24) is 20.1 Å². The third-order valence-corrected chi connectivity index (χ3v) is 7.40. The zero-order valence-electron chi connectivity index (χ0n) is 23.6. The number of methoxy groups -OCH3 is 4. The number of morpholine rings is 1. The first-order valence-electron chi connectivity index (χ1n) is 13.3. The summed E-state index contributed by atoms with van der Waals surface area (Å²) >= 11 is 5.83. The first-order chi connectivity index (χ1) is 19.4. The van der Waals surface area contributed by atoms with Gasteiger partial charge in [0.25, 0.3) is 5.56 Å². The molecule has 0 aliphatic carbocycles. The molecule has 0 amide bonds. The summed E-state index contributed by atoms with van der Waals surface area (Å²) in [6, 6.07) is 11.4. The summed E-state index contributed by atoms with van der Waals surface area (Å²) in [6.07, 6.45) is 0.746. The molecule has 0 saturated carbocycles. The molecule has 0 unspecified atom stereocenters. The van der Waals surface area contributed by atoms with Gasteiger partial charge in [0.1, 0.15) is 0 Å². The average molecular weight is 571 g/mol. The molecule has 1 saturated heterocycles. The fourth-order valence-corrected chi connectivity index (χ4v) is 4.96. The predicted octanol–water partition coefficient (Wildman–Crippen LogP) is 2.81. The van der Waals surface area contributed by atoms with Crippen LogP contribution in [0.4, 0.5) is 0 Å². The molecule has 3 aromatic rings. The average Bonchev–Trinajstić information content (AvgIpc) is 2.99.